The fourth-order valence-corrected chi connectivity index (χ4v) is 8.72. The first-order valence-electron chi connectivity index (χ1n) is 26.8. The van der Waals surface area contributed by atoms with Crippen molar-refractivity contribution in [1.82, 2.24) is 30.9 Å². The average molecular weight is 1100 g/mol. The van der Waals surface area contributed by atoms with Crippen molar-refractivity contribution in [2.45, 2.75) is 179 Å². The Kier molecular flexibility index (Phi) is 23.9. The van der Waals surface area contributed by atoms with E-state index < -0.39 is 16.6 Å². The van der Waals surface area contributed by atoms with Gasteiger partial charge in [-0.05, 0) is 153 Å². The maximum absolute atomic E-state index is 12.2. The molecule has 77 heavy (non-hydrogen) atoms. The molecule has 2 amide bonds. The molecule has 4 aromatic rings. The highest BCUT2D eigenvalue weighted by Gasteiger charge is 2.42. The second kappa shape index (κ2) is 28.8. The van der Waals surface area contributed by atoms with Crippen LogP contribution < -0.4 is 22.1 Å². The van der Waals surface area contributed by atoms with Crippen molar-refractivity contribution < 1.29 is 57.8 Å². The number of aromatic nitrogens is 4. The van der Waals surface area contributed by atoms with Crippen LogP contribution in [0.1, 0.15) is 176 Å². The smallest absolute Gasteiger partial charge is 0.326 e. The van der Waals surface area contributed by atoms with Crippen molar-refractivity contribution in [3.05, 3.63) is 71.4 Å². The lowest BCUT2D eigenvalue weighted by atomic mass is 9.70. The summed E-state index contributed by atoms with van der Waals surface area (Å²) in [4.78, 5) is 65.8. The van der Waals surface area contributed by atoms with Crippen LogP contribution in [-0.2, 0) is 23.9 Å². The SMILES string of the molecule is CC1(CO)CCC1.CCOC(=O)C1(C)CCC1.CCOC(=O)C1(N)CCC1.Cc1nc(-c2ccc(C(=O)NC3(C=O)CCC3)cc2)no1.Cc1nc(-c2ccc(C(=O)NC3(CO)CCC3)cc2)no1.Cl.NC1(CO)CCC1. The topological polar surface area (TPSA) is 318 Å². The van der Waals surface area contributed by atoms with Gasteiger partial charge in [-0.15, -0.1) is 12.4 Å². The Morgan fingerprint density at radius 3 is 1.27 bits per heavy atom. The summed E-state index contributed by atoms with van der Waals surface area (Å²) < 4.78 is 19.5. The van der Waals surface area contributed by atoms with E-state index in [1.807, 2.05) is 13.8 Å². The minimum atomic E-state index is -0.666. The molecule has 0 radical (unpaired) electrons. The minimum absolute atomic E-state index is 0. The lowest BCUT2D eigenvalue weighted by Gasteiger charge is -2.40. The molecule has 0 saturated heterocycles. The molecule has 6 aliphatic rings. The molecule has 0 bridgehead atoms. The molecule has 20 nitrogen and oxygen atoms in total. The van der Waals surface area contributed by atoms with Crippen LogP contribution in [-0.4, -0.2) is 121 Å². The van der Waals surface area contributed by atoms with Crippen LogP contribution in [0, 0.1) is 24.7 Å². The van der Waals surface area contributed by atoms with Crippen molar-refractivity contribution in [3.8, 4) is 22.8 Å². The Bertz CT molecular complexity index is 2420. The third kappa shape index (κ3) is 17.7. The Balaban J connectivity index is 0.000000211. The first-order chi connectivity index (χ1) is 36.1. The number of aliphatic hydroxyl groups excluding tert-OH is 3. The molecule has 6 aliphatic carbocycles. The quantitative estimate of drug-likeness (QED) is 0.0484. The van der Waals surface area contributed by atoms with Crippen molar-refractivity contribution in [1.29, 1.82) is 0 Å². The van der Waals surface area contributed by atoms with Crippen LogP contribution in [0.5, 0.6) is 0 Å². The standard InChI is InChI=1S/C15H17N3O3.C15H15N3O3.C8H14O2.C7H13NO2.C6H12O.C5H11NO.ClH/c2*1-10-16-13(18-21-10)11-3-5-12(6-4-11)14(20)17-15(9-19)7-2-8-15;1-3-10-7(9)8(2)5-4-6-8;1-2-10-6(9)7(8)4-3-5-7;1-6(5-7)3-2-4-6;6-5(4-7)2-1-3-5;/h3-6,19H,2,7-9H2,1H3,(H,17,20);3-6,9H,2,7-8H2,1H3,(H,17,20);3-6H2,1-2H3;2-5,8H2,1H3;7H,2-5H2,1H3;7H,1-4,6H2;1H. The molecule has 426 valence electrons. The zero-order chi connectivity index (χ0) is 55.6. The molecule has 6 fully saturated rings. The van der Waals surface area contributed by atoms with Crippen LogP contribution in [0.15, 0.2) is 57.6 Å². The van der Waals surface area contributed by atoms with E-state index in [4.69, 9.17) is 40.2 Å². The van der Waals surface area contributed by atoms with E-state index in [2.05, 4.69) is 37.8 Å². The van der Waals surface area contributed by atoms with E-state index in [9.17, 15) is 29.1 Å². The van der Waals surface area contributed by atoms with Crippen molar-refractivity contribution in [2.75, 3.05) is 33.0 Å². The largest absolute Gasteiger partial charge is 0.466 e. The van der Waals surface area contributed by atoms with Gasteiger partial charge in [0.25, 0.3) is 11.8 Å². The monoisotopic (exact) mass is 1090 g/mol. The molecule has 0 unspecified atom stereocenters. The summed E-state index contributed by atoms with van der Waals surface area (Å²) in [6.45, 7) is 12.7. The zero-order valence-electron chi connectivity index (χ0n) is 45.8. The summed E-state index contributed by atoms with van der Waals surface area (Å²) >= 11 is 0. The predicted molar refractivity (Wildman–Crippen MR) is 290 cm³/mol. The number of nitrogens with zero attached hydrogens (tertiary/aromatic N) is 4. The first kappa shape index (κ1) is 63.9. The highest BCUT2D eigenvalue weighted by Crippen LogP contribution is 2.41. The second-order valence-electron chi connectivity index (χ2n) is 21.8. The summed E-state index contributed by atoms with van der Waals surface area (Å²) in [5.74, 6) is 1.33. The Labute approximate surface area is 458 Å². The average Bonchev–Trinajstić information content (AvgIpc) is 4.02. The van der Waals surface area contributed by atoms with Gasteiger partial charge in [-0.3, -0.25) is 19.2 Å². The van der Waals surface area contributed by atoms with E-state index in [0.717, 1.165) is 88.0 Å². The molecule has 10 rings (SSSR count). The summed E-state index contributed by atoms with van der Waals surface area (Å²) in [5, 5.41) is 39.9. The number of ether oxygens (including phenoxy) is 2. The number of amides is 2. The number of aldehydes is 1. The lowest BCUT2D eigenvalue weighted by Crippen LogP contribution is -2.56. The number of benzene rings is 2. The molecule has 9 N–H and O–H groups in total. The summed E-state index contributed by atoms with van der Waals surface area (Å²) in [6.07, 6.45) is 18.7. The van der Waals surface area contributed by atoms with Gasteiger partial charge in [0.15, 0.2) is 0 Å². The van der Waals surface area contributed by atoms with E-state index in [1.165, 1.54) is 32.1 Å². The molecule has 6 saturated carbocycles. The summed E-state index contributed by atoms with van der Waals surface area (Å²) in [6, 6.07) is 13.9. The number of aliphatic hydroxyl groups is 3. The Morgan fingerprint density at radius 2 is 1.03 bits per heavy atom. The number of hydrogen-bond donors (Lipinski definition) is 7. The van der Waals surface area contributed by atoms with Gasteiger partial charge >= 0.3 is 11.9 Å². The molecule has 0 spiro atoms. The maximum atomic E-state index is 12.2. The summed E-state index contributed by atoms with van der Waals surface area (Å²) in [7, 11) is 0. The molecule has 2 aromatic heterocycles. The lowest BCUT2D eigenvalue weighted by molar-refractivity contribution is -0.159. The number of carbonyl (C=O) groups excluding carboxylic acids is 5. The van der Waals surface area contributed by atoms with E-state index in [-0.39, 0.29) is 60.3 Å². The molecule has 21 heteroatoms. The van der Waals surface area contributed by atoms with Crippen molar-refractivity contribution in [3.63, 3.8) is 0 Å². The maximum Gasteiger partial charge on any atom is 0.326 e. The number of halogens is 1. The van der Waals surface area contributed by atoms with Crippen LogP contribution in [0.2, 0.25) is 0 Å². The summed E-state index contributed by atoms with van der Waals surface area (Å²) in [5.41, 5.74) is 12.1. The number of aryl methyl sites for hydroxylation is 2. The van der Waals surface area contributed by atoms with E-state index in [1.54, 1.807) is 69.3 Å². The molecule has 0 aliphatic heterocycles. The van der Waals surface area contributed by atoms with Gasteiger partial charge in [0.1, 0.15) is 11.8 Å². The normalized spacial score (nSPS) is 19.2. The highest BCUT2D eigenvalue weighted by atomic mass is 35.5. The third-order valence-electron chi connectivity index (χ3n) is 15.5. The van der Waals surface area contributed by atoms with Crippen LogP contribution in [0.25, 0.3) is 22.8 Å². The second-order valence-corrected chi connectivity index (χ2v) is 21.8. The number of carbonyl (C=O) groups is 5. The molecule has 2 heterocycles. The van der Waals surface area contributed by atoms with Crippen LogP contribution in [0.3, 0.4) is 0 Å². The molecule has 2 aromatic carbocycles. The number of rotatable bonds is 14. The van der Waals surface area contributed by atoms with Crippen LogP contribution >= 0.6 is 12.4 Å². The number of esters is 2. The van der Waals surface area contributed by atoms with Crippen molar-refractivity contribution >= 4 is 42.4 Å². The van der Waals surface area contributed by atoms with Gasteiger partial charge in [0, 0.05) is 48.2 Å². The highest BCUT2D eigenvalue weighted by molar-refractivity contribution is 5.97. The van der Waals surface area contributed by atoms with Gasteiger partial charge < -0.3 is 60.7 Å². The van der Waals surface area contributed by atoms with E-state index >= 15 is 0 Å². The van der Waals surface area contributed by atoms with Gasteiger partial charge in [-0.1, -0.05) is 54.3 Å². The fraction of sp³-hybridized carbons (Fsp3) is 0.625. The first-order valence-corrected chi connectivity index (χ1v) is 26.8. The molecular weight excluding hydrogens is 1010 g/mol. The molecule has 0 atom stereocenters. The Morgan fingerprint density at radius 1 is 0.597 bits per heavy atom. The Hall–Kier alpha value is -5.64. The number of nitrogens with two attached hydrogens (primary N) is 2. The third-order valence-corrected chi connectivity index (χ3v) is 15.5. The van der Waals surface area contributed by atoms with Gasteiger partial charge in [-0.25, -0.2) is 0 Å². The minimum Gasteiger partial charge on any atom is -0.466 e. The fourth-order valence-electron chi connectivity index (χ4n) is 8.72. The van der Waals surface area contributed by atoms with Gasteiger partial charge in [0.2, 0.25) is 23.4 Å². The van der Waals surface area contributed by atoms with Crippen LogP contribution in [0.4, 0.5) is 0 Å². The van der Waals surface area contributed by atoms with Crippen molar-refractivity contribution in [2.24, 2.45) is 22.3 Å². The predicted octanol–water partition coefficient (Wildman–Crippen LogP) is 7.21. The van der Waals surface area contributed by atoms with Gasteiger partial charge in [-0.2, -0.15) is 9.97 Å². The van der Waals surface area contributed by atoms with E-state index in [0.29, 0.717) is 72.6 Å². The van der Waals surface area contributed by atoms with Gasteiger partial charge in [0.05, 0.1) is 42.9 Å². The molecular formula is C56H83ClN8O12. The number of nitrogens with one attached hydrogen (secondary N) is 2. The number of hydrogen-bond acceptors (Lipinski definition) is 18. The zero-order valence-corrected chi connectivity index (χ0v) is 46.6.